The van der Waals surface area contributed by atoms with E-state index in [-0.39, 0.29) is 11.4 Å². The summed E-state index contributed by atoms with van der Waals surface area (Å²) in [7, 11) is 2.42. The number of halogens is 1. The minimum absolute atomic E-state index is 0.0647. The Morgan fingerprint density at radius 1 is 1.20 bits per heavy atom. The SMILES string of the molecule is C=C1CCC(C)(C)n2c(C)c(-c3ccc(F)cc3)c(/C=C\C)c21.CP. The van der Waals surface area contributed by atoms with Gasteiger partial charge in [0.15, 0.2) is 0 Å². The Morgan fingerprint density at radius 2 is 1.80 bits per heavy atom. The van der Waals surface area contributed by atoms with Crippen molar-refractivity contribution < 1.29 is 4.39 Å². The van der Waals surface area contributed by atoms with E-state index in [9.17, 15) is 4.39 Å². The summed E-state index contributed by atoms with van der Waals surface area (Å²) < 4.78 is 15.8. The maximum atomic E-state index is 13.3. The fourth-order valence-electron chi connectivity index (χ4n) is 3.82. The highest BCUT2D eigenvalue weighted by atomic mass is 31.0. The van der Waals surface area contributed by atoms with Crippen LogP contribution in [0.25, 0.3) is 22.8 Å². The van der Waals surface area contributed by atoms with Crippen LogP contribution in [-0.2, 0) is 5.54 Å². The summed E-state index contributed by atoms with van der Waals surface area (Å²) in [4.78, 5) is 0. The van der Waals surface area contributed by atoms with Crippen LogP contribution in [0.1, 0.15) is 50.6 Å². The zero-order chi connectivity index (χ0) is 18.8. The van der Waals surface area contributed by atoms with Crippen molar-refractivity contribution in [1.82, 2.24) is 4.57 Å². The van der Waals surface area contributed by atoms with Crippen LogP contribution in [0.2, 0.25) is 0 Å². The highest BCUT2D eigenvalue weighted by Gasteiger charge is 2.34. The summed E-state index contributed by atoms with van der Waals surface area (Å²) in [5.74, 6) is -0.201. The van der Waals surface area contributed by atoms with Gasteiger partial charge in [-0.15, -0.1) is 9.24 Å². The van der Waals surface area contributed by atoms with Crippen molar-refractivity contribution in [3.05, 3.63) is 59.7 Å². The molecule has 0 amide bonds. The molecule has 1 aromatic carbocycles. The summed E-state index contributed by atoms with van der Waals surface area (Å²) in [5.41, 5.74) is 7.16. The van der Waals surface area contributed by atoms with E-state index >= 15 is 0 Å². The maximum Gasteiger partial charge on any atom is 0.123 e. The highest BCUT2D eigenvalue weighted by molar-refractivity contribution is 7.15. The van der Waals surface area contributed by atoms with E-state index in [4.69, 9.17) is 0 Å². The zero-order valence-electron chi connectivity index (χ0n) is 16.0. The molecular formula is C22H29FNP. The second kappa shape index (κ2) is 7.70. The molecule has 1 aromatic heterocycles. The van der Waals surface area contributed by atoms with Crippen molar-refractivity contribution in [2.45, 2.75) is 46.1 Å². The molecule has 3 heteroatoms. The fraction of sp³-hybridized carbons (Fsp3) is 0.364. The number of fused-ring (bicyclic) bond motifs is 1. The number of hydrogen-bond acceptors (Lipinski definition) is 0. The van der Waals surface area contributed by atoms with Gasteiger partial charge in [0.25, 0.3) is 0 Å². The number of hydrogen-bond donors (Lipinski definition) is 0. The van der Waals surface area contributed by atoms with E-state index < -0.39 is 0 Å². The normalized spacial score (nSPS) is 15.7. The summed E-state index contributed by atoms with van der Waals surface area (Å²) >= 11 is 0. The van der Waals surface area contributed by atoms with Crippen molar-refractivity contribution in [2.24, 2.45) is 0 Å². The van der Waals surface area contributed by atoms with Gasteiger partial charge in [-0.25, -0.2) is 4.39 Å². The highest BCUT2D eigenvalue weighted by Crippen LogP contribution is 2.45. The second-order valence-corrected chi connectivity index (χ2v) is 6.98. The first-order valence-electron chi connectivity index (χ1n) is 8.77. The van der Waals surface area contributed by atoms with Gasteiger partial charge in [-0.05, 0) is 63.8 Å². The molecule has 0 N–H and O–H groups in total. The lowest BCUT2D eigenvalue weighted by Crippen LogP contribution is -2.32. The minimum Gasteiger partial charge on any atom is -0.338 e. The quantitative estimate of drug-likeness (QED) is 0.529. The Hall–Kier alpha value is -1.66. The van der Waals surface area contributed by atoms with E-state index in [1.807, 2.05) is 25.7 Å². The molecule has 0 saturated heterocycles. The second-order valence-electron chi connectivity index (χ2n) is 6.98. The molecule has 134 valence electrons. The molecule has 1 atom stereocenters. The van der Waals surface area contributed by atoms with Crippen LogP contribution >= 0.6 is 9.24 Å². The van der Waals surface area contributed by atoms with Crippen LogP contribution in [0.4, 0.5) is 4.39 Å². The summed E-state index contributed by atoms with van der Waals surface area (Å²) in [5, 5.41) is 0. The molecule has 1 aliphatic rings. The average molecular weight is 357 g/mol. The first kappa shape index (κ1) is 19.7. The van der Waals surface area contributed by atoms with E-state index in [2.05, 4.69) is 53.3 Å². The number of rotatable bonds is 2. The van der Waals surface area contributed by atoms with Crippen LogP contribution in [0.5, 0.6) is 0 Å². The number of nitrogens with zero attached hydrogens (tertiary/aromatic N) is 1. The predicted octanol–water partition coefficient (Wildman–Crippen LogP) is 6.67. The average Bonchev–Trinajstić information content (AvgIpc) is 2.89. The molecule has 0 fully saturated rings. The minimum atomic E-state index is -0.201. The third-order valence-electron chi connectivity index (χ3n) is 4.89. The monoisotopic (exact) mass is 357 g/mol. The number of benzene rings is 1. The molecule has 2 aromatic rings. The lowest BCUT2D eigenvalue weighted by Gasteiger charge is -2.36. The molecule has 1 unspecified atom stereocenters. The molecule has 3 rings (SSSR count). The first-order chi connectivity index (χ1) is 11.9. The van der Waals surface area contributed by atoms with Gasteiger partial charge < -0.3 is 4.57 Å². The van der Waals surface area contributed by atoms with Crippen LogP contribution < -0.4 is 0 Å². The van der Waals surface area contributed by atoms with Crippen molar-refractivity contribution in [1.29, 1.82) is 0 Å². The Morgan fingerprint density at radius 3 is 2.36 bits per heavy atom. The summed E-state index contributed by atoms with van der Waals surface area (Å²) in [6, 6.07) is 6.80. The molecule has 0 saturated carbocycles. The molecule has 0 bridgehead atoms. The van der Waals surface area contributed by atoms with Gasteiger partial charge in [0.1, 0.15) is 5.82 Å². The summed E-state index contributed by atoms with van der Waals surface area (Å²) in [6.07, 6.45) is 6.33. The summed E-state index contributed by atoms with van der Waals surface area (Å²) in [6.45, 7) is 15.0. The molecule has 0 radical (unpaired) electrons. The van der Waals surface area contributed by atoms with Crippen molar-refractivity contribution in [2.75, 3.05) is 6.66 Å². The van der Waals surface area contributed by atoms with E-state index in [0.29, 0.717) is 0 Å². The van der Waals surface area contributed by atoms with Gasteiger partial charge in [-0.1, -0.05) is 37.5 Å². The third kappa shape index (κ3) is 3.51. The van der Waals surface area contributed by atoms with E-state index in [1.54, 1.807) is 0 Å². The lowest BCUT2D eigenvalue weighted by atomic mass is 9.88. The Kier molecular flexibility index (Phi) is 6.06. The van der Waals surface area contributed by atoms with Crippen molar-refractivity contribution in [3.63, 3.8) is 0 Å². The molecule has 1 nitrogen and oxygen atoms in total. The van der Waals surface area contributed by atoms with Crippen LogP contribution in [0, 0.1) is 12.7 Å². The topological polar surface area (TPSA) is 4.93 Å². The van der Waals surface area contributed by atoms with Gasteiger partial charge in [-0.2, -0.15) is 0 Å². The molecule has 2 heterocycles. The number of aromatic nitrogens is 1. The zero-order valence-corrected chi connectivity index (χ0v) is 17.1. The van der Waals surface area contributed by atoms with E-state index in [1.165, 1.54) is 40.2 Å². The molecule has 0 aliphatic carbocycles. The first-order valence-corrected chi connectivity index (χ1v) is 9.92. The molecular weight excluding hydrogens is 328 g/mol. The molecule has 0 spiro atoms. The van der Waals surface area contributed by atoms with Crippen LogP contribution in [0.15, 0.2) is 36.9 Å². The fourth-order valence-corrected chi connectivity index (χ4v) is 3.82. The maximum absolute atomic E-state index is 13.3. The van der Waals surface area contributed by atoms with Crippen molar-refractivity contribution >= 4 is 20.9 Å². The van der Waals surface area contributed by atoms with Gasteiger partial charge in [0.2, 0.25) is 0 Å². The Bertz CT molecular complexity index is 794. The van der Waals surface area contributed by atoms with E-state index in [0.717, 1.165) is 18.4 Å². The molecule has 25 heavy (non-hydrogen) atoms. The Balaban J connectivity index is 0.00000109. The standard InChI is InChI=1S/C21H24FN.CH5P/c1-6-7-18-19(16-8-10-17(22)11-9-16)15(3)23-20(18)14(2)12-13-21(23,4)5;1-2/h6-11H,2,12-13H2,1,3-5H3;2H2,1H3/b7-6-;. The van der Waals surface area contributed by atoms with Gasteiger partial charge in [-0.3, -0.25) is 0 Å². The Labute approximate surface area is 153 Å². The molecule has 1 aliphatic heterocycles. The third-order valence-corrected chi connectivity index (χ3v) is 4.89. The lowest BCUT2D eigenvalue weighted by molar-refractivity contribution is 0.311. The van der Waals surface area contributed by atoms with Crippen molar-refractivity contribution in [3.8, 4) is 11.1 Å². The van der Waals surface area contributed by atoms with Gasteiger partial charge in [0.05, 0.1) is 5.69 Å². The van der Waals surface area contributed by atoms with Gasteiger partial charge in [0, 0.05) is 22.4 Å². The van der Waals surface area contributed by atoms with Crippen LogP contribution in [0.3, 0.4) is 0 Å². The van der Waals surface area contributed by atoms with Crippen LogP contribution in [-0.4, -0.2) is 11.2 Å². The van der Waals surface area contributed by atoms with Gasteiger partial charge >= 0.3 is 0 Å². The largest absolute Gasteiger partial charge is 0.338 e. The number of allylic oxidation sites excluding steroid dienone is 2. The smallest absolute Gasteiger partial charge is 0.123 e. The predicted molar refractivity (Wildman–Crippen MR) is 112 cm³/mol.